The Balaban J connectivity index is 2.74. The lowest BCUT2D eigenvalue weighted by molar-refractivity contribution is 0.0301. The topological polar surface area (TPSA) is 29.3 Å². The monoisotopic (exact) mass is 212 g/mol. The summed E-state index contributed by atoms with van der Waals surface area (Å²) in [5.41, 5.74) is 6.39. The van der Waals surface area contributed by atoms with E-state index in [2.05, 4.69) is 25.7 Å². The van der Waals surface area contributed by atoms with Crippen LogP contribution >= 0.6 is 0 Å². The van der Waals surface area contributed by atoms with E-state index in [4.69, 9.17) is 5.73 Å². The van der Waals surface area contributed by atoms with E-state index in [1.54, 1.807) is 0 Å². The Morgan fingerprint density at radius 3 is 2.20 bits per heavy atom. The SMILES string of the molecule is CCCN(C(C)C)C1(CN)CCCCC1. The maximum absolute atomic E-state index is 6.07. The Morgan fingerprint density at radius 1 is 1.20 bits per heavy atom. The average molecular weight is 212 g/mol. The van der Waals surface area contributed by atoms with E-state index in [9.17, 15) is 0 Å². The van der Waals surface area contributed by atoms with Crippen LogP contribution in [0.15, 0.2) is 0 Å². The molecule has 0 aromatic rings. The van der Waals surface area contributed by atoms with Crippen LogP contribution < -0.4 is 5.73 Å². The normalized spacial score (nSPS) is 21.2. The van der Waals surface area contributed by atoms with Gasteiger partial charge in [-0.1, -0.05) is 26.2 Å². The van der Waals surface area contributed by atoms with Crippen molar-refractivity contribution in [2.75, 3.05) is 13.1 Å². The molecule has 0 atom stereocenters. The van der Waals surface area contributed by atoms with Gasteiger partial charge in [0.15, 0.2) is 0 Å². The van der Waals surface area contributed by atoms with Crippen LogP contribution in [-0.2, 0) is 0 Å². The van der Waals surface area contributed by atoms with Crippen molar-refractivity contribution in [3.8, 4) is 0 Å². The summed E-state index contributed by atoms with van der Waals surface area (Å²) in [5, 5.41) is 0. The lowest BCUT2D eigenvalue weighted by Crippen LogP contribution is -2.57. The van der Waals surface area contributed by atoms with Gasteiger partial charge < -0.3 is 5.73 Å². The number of nitrogens with two attached hydrogens (primary N) is 1. The molecule has 1 saturated carbocycles. The summed E-state index contributed by atoms with van der Waals surface area (Å²) in [5.74, 6) is 0. The molecule has 0 aromatic carbocycles. The van der Waals surface area contributed by atoms with Gasteiger partial charge in [0.05, 0.1) is 0 Å². The molecule has 0 bridgehead atoms. The summed E-state index contributed by atoms with van der Waals surface area (Å²) in [6.45, 7) is 8.92. The van der Waals surface area contributed by atoms with E-state index in [0.717, 1.165) is 6.54 Å². The highest BCUT2D eigenvalue weighted by atomic mass is 15.2. The minimum atomic E-state index is 0.322. The van der Waals surface area contributed by atoms with Crippen molar-refractivity contribution in [2.24, 2.45) is 5.73 Å². The summed E-state index contributed by atoms with van der Waals surface area (Å²) >= 11 is 0. The molecule has 0 unspecified atom stereocenters. The van der Waals surface area contributed by atoms with Crippen LogP contribution in [0, 0.1) is 0 Å². The molecular formula is C13H28N2. The molecule has 0 aliphatic heterocycles. The largest absolute Gasteiger partial charge is 0.329 e. The van der Waals surface area contributed by atoms with Gasteiger partial charge in [-0.3, -0.25) is 4.90 Å². The zero-order valence-electron chi connectivity index (χ0n) is 10.8. The fraction of sp³-hybridized carbons (Fsp3) is 1.00. The van der Waals surface area contributed by atoms with Crippen LogP contribution in [-0.4, -0.2) is 29.6 Å². The third-order valence-electron chi connectivity index (χ3n) is 3.86. The van der Waals surface area contributed by atoms with Gasteiger partial charge in [0.2, 0.25) is 0 Å². The zero-order chi connectivity index (χ0) is 11.3. The lowest BCUT2D eigenvalue weighted by atomic mass is 9.79. The second kappa shape index (κ2) is 5.86. The molecule has 1 rings (SSSR count). The van der Waals surface area contributed by atoms with E-state index in [1.807, 2.05) is 0 Å². The molecule has 1 aliphatic carbocycles. The van der Waals surface area contributed by atoms with Crippen LogP contribution in [0.1, 0.15) is 59.3 Å². The van der Waals surface area contributed by atoms with Gasteiger partial charge in [-0.05, 0) is 39.7 Å². The number of hydrogen-bond donors (Lipinski definition) is 1. The average Bonchev–Trinajstić information content (AvgIpc) is 2.26. The third-order valence-corrected chi connectivity index (χ3v) is 3.86. The van der Waals surface area contributed by atoms with Gasteiger partial charge in [-0.25, -0.2) is 0 Å². The van der Waals surface area contributed by atoms with Crippen LogP contribution in [0.5, 0.6) is 0 Å². The minimum absolute atomic E-state index is 0.322. The van der Waals surface area contributed by atoms with E-state index in [1.165, 1.54) is 45.1 Å². The molecule has 2 heteroatoms. The quantitative estimate of drug-likeness (QED) is 0.759. The number of hydrogen-bond acceptors (Lipinski definition) is 2. The van der Waals surface area contributed by atoms with E-state index >= 15 is 0 Å². The van der Waals surface area contributed by atoms with Crippen LogP contribution in [0.2, 0.25) is 0 Å². The fourth-order valence-electron chi connectivity index (χ4n) is 3.10. The predicted octanol–water partition coefficient (Wildman–Crippen LogP) is 2.77. The molecule has 0 spiro atoms. The molecule has 2 nitrogen and oxygen atoms in total. The second-order valence-corrected chi connectivity index (χ2v) is 5.28. The third kappa shape index (κ3) is 2.94. The Morgan fingerprint density at radius 2 is 1.80 bits per heavy atom. The molecule has 0 saturated heterocycles. The first-order valence-electron chi connectivity index (χ1n) is 6.63. The van der Waals surface area contributed by atoms with Gasteiger partial charge in [-0.15, -0.1) is 0 Å². The molecule has 2 N–H and O–H groups in total. The zero-order valence-corrected chi connectivity index (χ0v) is 10.8. The van der Waals surface area contributed by atoms with Gasteiger partial charge >= 0.3 is 0 Å². The van der Waals surface area contributed by atoms with E-state index in [-0.39, 0.29) is 0 Å². The highest BCUT2D eigenvalue weighted by molar-refractivity contribution is 4.95. The molecule has 0 heterocycles. The van der Waals surface area contributed by atoms with Gasteiger partial charge in [0, 0.05) is 18.1 Å². The first-order valence-corrected chi connectivity index (χ1v) is 6.63. The number of rotatable bonds is 5. The molecule has 15 heavy (non-hydrogen) atoms. The molecule has 1 aliphatic rings. The molecule has 90 valence electrons. The Labute approximate surface area is 95.2 Å². The first kappa shape index (κ1) is 13.0. The van der Waals surface area contributed by atoms with Crippen molar-refractivity contribution in [1.29, 1.82) is 0 Å². The van der Waals surface area contributed by atoms with Crippen LogP contribution in [0.25, 0.3) is 0 Å². The summed E-state index contributed by atoms with van der Waals surface area (Å²) in [6, 6.07) is 0.631. The maximum Gasteiger partial charge on any atom is 0.0334 e. The van der Waals surface area contributed by atoms with Gasteiger partial charge in [0.1, 0.15) is 0 Å². The molecular weight excluding hydrogens is 184 g/mol. The predicted molar refractivity (Wildman–Crippen MR) is 67.0 cm³/mol. The fourth-order valence-corrected chi connectivity index (χ4v) is 3.10. The van der Waals surface area contributed by atoms with Crippen molar-refractivity contribution in [3.05, 3.63) is 0 Å². The number of nitrogens with zero attached hydrogens (tertiary/aromatic N) is 1. The Kier molecular flexibility index (Phi) is 5.07. The summed E-state index contributed by atoms with van der Waals surface area (Å²) in [6.07, 6.45) is 7.98. The standard InChI is InChI=1S/C13H28N2/c1-4-10-15(12(2)3)13(11-14)8-6-5-7-9-13/h12H,4-11,14H2,1-3H3. The smallest absolute Gasteiger partial charge is 0.0334 e. The van der Waals surface area contributed by atoms with E-state index in [0.29, 0.717) is 11.6 Å². The summed E-state index contributed by atoms with van der Waals surface area (Å²) in [4.78, 5) is 2.66. The highest BCUT2D eigenvalue weighted by Gasteiger charge is 2.37. The maximum atomic E-state index is 6.07. The van der Waals surface area contributed by atoms with Crippen molar-refractivity contribution in [3.63, 3.8) is 0 Å². The van der Waals surface area contributed by atoms with Crippen LogP contribution in [0.3, 0.4) is 0 Å². The highest BCUT2D eigenvalue weighted by Crippen LogP contribution is 2.34. The molecule has 0 radical (unpaired) electrons. The first-order chi connectivity index (χ1) is 7.16. The van der Waals surface area contributed by atoms with Gasteiger partial charge in [0.25, 0.3) is 0 Å². The molecule has 0 amide bonds. The van der Waals surface area contributed by atoms with Gasteiger partial charge in [-0.2, -0.15) is 0 Å². The van der Waals surface area contributed by atoms with Crippen molar-refractivity contribution in [1.82, 2.24) is 4.90 Å². The minimum Gasteiger partial charge on any atom is -0.329 e. The Hall–Kier alpha value is -0.0800. The lowest BCUT2D eigenvalue weighted by Gasteiger charge is -2.48. The Bertz CT molecular complexity index is 171. The summed E-state index contributed by atoms with van der Waals surface area (Å²) < 4.78 is 0. The second-order valence-electron chi connectivity index (χ2n) is 5.28. The molecule has 0 aromatic heterocycles. The van der Waals surface area contributed by atoms with Crippen molar-refractivity contribution < 1.29 is 0 Å². The van der Waals surface area contributed by atoms with Crippen LogP contribution in [0.4, 0.5) is 0 Å². The molecule has 1 fully saturated rings. The van der Waals surface area contributed by atoms with Crippen molar-refractivity contribution >= 4 is 0 Å². The van der Waals surface area contributed by atoms with E-state index < -0.39 is 0 Å². The van der Waals surface area contributed by atoms with Crippen molar-refractivity contribution in [2.45, 2.75) is 70.9 Å². The summed E-state index contributed by atoms with van der Waals surface area (Å²) in [7, 11) is 0.